The summed E-state index contributed by atoms with van der Waals surface area (Å²) in [4.78, 5) is 10.6. The molecular formula is C11H13ClO3. The molecule has 2 N–H and O–H groups in total. The van der Waals surface area contributed by atoms with Gasteiger partial charge in [0.15, 0.2) is 5.60 Å². The van der Waals surface area contributed by atoms with Gasteiger partial charge >= 0.3 is 5.97 Å². The number of aryl methyl sites for hydroxylation is 1. The Morgan fingerprint density at radius 1 is 1.47 bits per heavy atom. The van der Waals surface area contributed by atoms with Crippen molar-refractivity contribution in [2.75, 3.05) is 0 Å². The first-order valence-electron chi connectivity index (χ1n) is 4.62. The Labute approximate surface area is 93.3 Å². The minimum absolute atomic E-state index is 0.145. The van der Waals surface area contributed by atoms with Crippen LogP contribution in [0.15, 0.2) is 24.3 Å². The normalized spacial score (nSPS) is 14.6. The second-order valence-electron chi connectivity index (χ2n) is 3.67. The van der Waals surface area contributed by atoms with Gasteiger partial charge in [-0.1, -0.05) is 29.8 Å². The molecule has 0 spiro atoms. The molecule has 0 aromatic heterocycles. The number of carboxylic acids is 1. The molecule has 1 rings (SSSR count). The highest BCUT2D eigenvalue weighted by Crippen LogP contribution is 2.20. The zero-order valence-electron chi connectivity index (χ0n) is 8.40. The minimum Gasteiger partial charge on any atom is -0.479 e. The van der Waals surface area contributed by atoms with E-state index in [0.717, 1.165) is 5.56 Å². The van der Waals surface area contributed by atoms with Gasteiger partial charge in [0, 0.05) is 5.02 Å². The molecule has 0 radical (unpaired) electrons. The standard InChI is InChI=1S/C11H13ClO3/c1-11(15,10(13)14)7-6-8-4-2-3-5-9(8)12/h2-5,15H,6-7H2,1H3,(H,13,14). The third-order valence-electron chi connectivity index (χ3n) is 2.30. The fourth-order valence-corrected chi connectivity index (χ4v) is 1.42. The van der Waals surface area contributed by atoms with Crippen molar-refractivity contribution in [2.24, 2.45) is 0 Å². The summed E-state index contributed by atoms with van der Waals surface area (Å²) in [6, 6.07) is 7.20. The summed E-state index contributed by atoms with van der Waals surface area (Å²) < 4.78 is 0. The topological polar surface area (TPSA) is 57.5 Å². The summed E-state index contributed by atoms with van der Waals surface area (Å²) in [5.74, 6) is -1.21. The predicted octanol–water partition coefficient (Wildman–Crippen LogP) is 2.11. The number of carboxylic acid groups (broad SMARTS) is 1. The van der Waals surface area contributed by atoms with Crippen LogP contribution in [0, 0.1) is 0 Å². The van der Waals surface area contributed by atoms with E-state index in [1.165, 1.54) is 6.92 Å². The van der Waals surface area contributed by atoms with Crippen molar-refractivity contribution in [2.45, 2.75) is 25.4 Å². The highest BCUT2D eigenvalue weighted by atomic mass is 35.5. The van der Waals surface area contributed by atoms with E-state index in [2.05, 4.69) is 0 Å². The van der Waals surface area contributed by atoms with Crippen LogP contribution in [0.1, 0.15) is 18.9 Å². The van der Waals surface area contributed by atoms with Crippen LogP contribution in [0.25, 0.3) is 0 Å². The molecule has 3 nitrogen and oxygen atoms in total. The number of hydrogen-bond acceptors (Lipinski definition) is 2. The van der Waals surface area contributed by atoms with Crippen molar-refractivity contribution in [3.05, 3.63) is 34.9 Å². The van der Waals surface area contributed by atoms with Crippen LogP contribution >= 0.6 is 11.6 Å². The monoisotopic (exact) mass is 228 g/mol. The smallest absolute Gasteiger partial charge is 0.335 e. The zero-order chi connectivity index (χ0) is 11.5. The molecule has 1 atom stereocenters. The number of rotatable bonds is 4. The van der Waals surface area contributed by atoms with Gasteiger partial charge < -0.3 is 10.2 Å². The van der Waals surface area contributed by atoms with Crippen LogP contribution in [0.4, 0.5) is 0 Å². The maximum atomic E-state index is 10.6. The van der Waals surface area contributed by atoms with E-state index >= 15 is 0 Å². The van der Waals surface area contributed by atoms with Gasteiger partial charge in [-0.15, -0.1) is 0 Å². The first-order chi connectivity index (χ1) is 6.93. The Morgan fingerprint density at radius 2 is 2.07 bits per heavy atom. The van der Waals surface area contributed by atoms with E-state index in [-0.39, 0.29) is 6.42 Å². The molecule has 0 heterocycles. The highest BCUT2D eigenvalue weighted by Gasteiger charge is 2.29. The number of aliphatic hydroxyl groups is 1. The maximum absolute atomic E-state index is 10.6. The Kier molecular flexibility index (Phi) is 3.72. The number of halogens is 1. The third kappa shape index (κ3) is 3.22. The molecule has 1 unspecified atom stereocenters. The molecule has 0 aliphatic carbocycles. The van der Waals surface area contributed by atoms with Gasteiger partial charge in [-0.05, 0) is 31.4 Å². The van der Waals surface area contributed by atoms with Crippen molar-refractivity contribution < 1.29 is 15.0 Å². The number of hydrogen-bond donors (Lipinski definition) is 2. The summed E-state index contributed by atoms with van der Waals surface area (Å²) in [7, 11) is 0. The molecule has 15 heavy (non-hydrogen) atoms. The molecule has 0 saturated carbocycles. The largest absolute Gasteiger partial charge is 0.479 e. The summed E-state index contributed by atoms with van der Waals surface area (Å²) in [6.45, 7) is 1.28. The van der Waals surface area contributed by atoms with Gasteiger partial charge in [0.1, 0.15) is 0 Å². The zero-order valence-corrected chi connectivity index (χ0v) is 9.16. The quantitative estimate of drug-likeness (QED) is 0.830. The third-order valence-corrected chi connectivity index (χ3v) is 2.67. The minimum atomic E-state index is -1.70. The lowest BCUT2D eigenvalue weighted by atomic mass is 9.97. The summed E-state index contributed by atoms with van der Waals surface area (Å²) in [5.41, 5.74) is -0.847. The molecule has 0 saturated heterocycles. The molecule has 0 aliphatic heterocycles. The molecule has 1 aromatic rings. The first kappa shape index (κ1) is 12.0. The van der Waals surface area contributed by atoms with Crippen LogP contribution in [-0.2, 0) is 11.2 Å². The van der Waals surface area contributed by atoms with Crippen molar-refractivity contribution in [1.82, 2.24) is 0 Å². The average molecular weight is 229 g/mol. The van der Waals surface area contributed by atoms with Crippen LogP contribution in [-0.4, -0.2) is 21.8 Å². The van der Waals surface area contributed by atoms with Crippen LogP contribution < -0.4 is 0 Å². The molecular weight excluding hydrogens is 216 g/mol. The van der Waals surface area contributed by atoms with Gasteiger partial charge in [-0.25, -0.2) is 4.79 Å². The Balaban J connectivity index is 2.66. The Hall–Kier alpha value is -1.06. The van der Waals surface area contributed by atoms with Crippen LogP contribution in [0.3, 0.4) is 0 Å². The molecule has 4 heteroatoms. The highest BCUT2D eigenvalue weighted by molar-refractivity contribution is 6.31. The number of carbonyl (C=O) groups is 1. The fourth-order valence-electron chi connectivity index (χ4n) is 1.19. The van der Waals surface area contributed by atoms with Crippen molar-refractivity contribution in [1.29, 1.82) is 0 Å². The fraction of sp³-hybridized carbons (Fsp3) is 0.364. The average Bonchev–Trinajstić information content (AvgIpc) is 2.16. The lowest BCUT2D eigenvalue weighted by Gasteiger charge is -2.17. The van der Waals surface area contributed by atoms with E-state index in [4.69, 9.17) is 16.7 Å². The molecule has 0 fully saturated rings. The van der Waals surface area contributed by atoms with Gasteiger partial charge in [0.25, 0.3) is 0 Å². The van der Waals surface area contributed by atoms with Gasteiger partial charge in [-0.3, -0.25) is 0 Å². The van der Waals surface area contributed by atoms with Gasteiger partial charge in [0.05, 0.1) is 0 Å². The van der Waals surface area contributed by atoms with E-state index in [1.54, 1.807) is 12.1 Å². The van der Waals surface area contributed by atoms with E-state index in [1.807, 2.05) is 12.1 Å². The second kappa shape index (κ2) is 4.64. The SMILES string of the molecule is CC(O)(CCc1ccccc1Cl)C(=O)O. The van der Waals surface area contributed by atoms with Crippen molar-refractivity contribution in [3.8, 4) is 0 Å². The molecule has 0 aliphatic rings. The summed E-state index contributed by atoms with van der Waals surface area (Å²) >= 11 is 5.90. The van der Waals surface area contributed by atoms with Gasteiger partial charge in [-0.2, -0.15) is 0 Å². The second-order valence-corrected chi connectivity index (χ2v) is 4.08. The molecule has 1 aromatic carbocycles. The lowest BCUT2D eigenvalue weighted by molar-refractivity contribution is -0.157. The summed E-state index contributed by atoms with van der Waals surface area (Å²) in [5, 5.41) is 18.8. The predicted molar refractivity (Wildman–Crippen MR) is 58.0 cm³/mol. The first-order valence-corrected chi connectivity index (χ1v) is 5.00. The van der Waals surface area contributed by atoms with Crippen molar-refractivity contribution >= 4 is 17.6 Å². The van der Waals surface area contributed by atoms with Gasteiger partial charge in [0.2, 0.25) is 0 Å². The number of aliphatic carboxylic acids is 1. The van der Waals surface area contributed by atoms with Crippen LogP contribution in [0.5, 0.6) is 0 Å². The lowest BCUT2D eigenvalue weighted by Crippen LogP contribution is -2.35. The molecule has 0 amide bonds. The Morgan fingerprint density at radius 3 is 2.60 bits per heavy atom. The van der Waals surface area contributed by atoms with Crippen LogP contribution in [0.2, 0.25) is 5.02 Å². The van der Waals surface area contributed by atoms with Crippen molar-refractivity contribution in [3.63, 3.8) is 0 Å². The van der Waals surface area contributed by atoms with E-state index < -0.39 is 11.6 Å². The van der Waals surface area contributed by atoms with E-state index in [0.29, 0.717) is 11.4 Å². The molecule has 0 bridgehead atoms. The number of benzene rings is 1. The maximum Gasteiger partial charge on any atom is 0.335 e. The molecule has 82 valence electrons. The summed E-state index contributed by atoms with van der Waals surface area (Å²) in [6.07, 6.45) is 0.588. The Bertz CT molecular complexity index is 361. The van der Waals surface area contributed by atoms with E-state index in [9.17, 15) is 9.90 Å².